The summed E-state index contributed by atoms with van der Waals surface area (Å²) in [6.07, 6.45) is 0.362. The zero-order valence-electron chi connectivity index (χ0n) is 14.0. The fourth-order valence-corrected chi connectivity index (χ4v) is 2.89. The van der Waals surface area contributed by atoms with E-state index in [2.05, 4.69) is 12.2 Å². The number of amides is 1. The normalized spacial score (nSPS) is 13.2. The zero-order chi connectivity index (χ0) is 17.7. The summed E-state index contributed by atoms with van der Waals surface area (Å²) in [6.45, 7) is 5.68. The molecule has 2 aromatic carbocycles. The SMILES string of the molecule is CCc1ccc(O[C@H](C)C(=O)N[C@H](C)c2ccc(Cl)cc2Cl)cc1. The summed E-state index contributed by atoms with van der Waals surface area (Å²) in [5, 5.41) is 4.00. The van der Waals surface area contributed by atoms with Gasteiger partial charge in [0.2, 0.25) is 0 Å². The Hall–Kier alpha value is -1.71. The number of rotatable bonds is 6. The fourth-order valence-electron chi connectivity index (χ4n) is 2.32. The summed E-state index contributed by atoms with van der Waals surface area (Å²) in [5.41, 5.74) is 2.04. The van der Waals surface area contributed by atoms with E-state index in [1.54, 1.807) is 19.1 Å². The summed E-state index contributed by atoms with van der Waals surface area (Å²) in [5.74, 6) is 0.472. The molecule has 1 amide bonds. The lowest BCUT2D eigenvalue weighted by molar-refractivity contribution is -0.127. The van der Waals surface area contributed by atoms with Crippen LogP contribution < -0.4 is 10.1 Å². The van der Waals surface area contributed by atoms with E-state index in [-0.39, 0.29) is 11.9 Å². The zero-order valence-corrected chi connectivity index (χ0v) is 15.5. The number of nitrogens with one attached hydrogen (secondary N) is 1. The third-order valence-corrected chi connectivity index (χ3v) is 4.36. The van der Waals surface area contributed by atoms with Gasteiger partial charge in [-0.2, -0.15) is 0 Å². The van der Waals surface area contributed by atoms with Crippen molar-refractivity contribution in [2.75, 3.05) is 0 Å². The second-order valence-electron chi connectivity index (χ2n) is 5.65. The quantitative estimate of drug-likeness (QED) is 0.763. The molecule has 2 rings (SSSR count). The molecule has 0 saturated heterocycles. The highest BCUT2D eigenvalue weighted by Crippen LogP contribution is 2.26. The Kier molecular flexibility index (Phi) is 6.52. The summed E-state index contributed by atoms with van der Waals surface area (Å²) in [6, 6.07) is 12.7. The van der Waals surface area contributed by atoms with Gasteiger partial charge in [0, 0.05) is 10.0 Å². The first-order valence-electron chi connectivity index (χ1n) is 7.91. The molecule has 0 aliphatic carbocycles. The van der Waals surface area contributed by atoms with E-state index in [1.807, 2.05) is 37.3 Å². The molecule has 3 nitrogen and oxygen atoms in total. The van der Waals surface area contributed by atoms with Gasteiger partial charge in [0.25, 0.3) is 5.91 Å². The van der Waals surface area contributed by atoms with E-state index >= 15 is 0 Å². The molecule has 0 unspecified atom stereocenters. The number of benzene rings is 2. The van der Waals surface area contributed by atoms with Crippen molar-refractivity contribution in [3.63, 3.8) is 0 Å². The molecule has 0 aliphatic rings. The number of hydrogen-bond acceptors (Lipinski definition) is 2. The summed E-state index contributed by atoms with van der Waals surface area (Å²) >= 11 is 12.1. The lowest BCUT2D eigenvalue weighted by Gasteiger charge is -2.20. The van der Waals surface area contributed by atoms with Gasteiger partial charge in [0.15, 0.2) is 6.10 Å². The summed E-state index contributed by atoms with van der Waals surface area (Å²) in [7, 11) is 0. The smallest absolute Gasteiger partial charge is 0.261 e. The van der Waals surface area contributed by atoms with Crippen molar-refractivity contribution in [1.82, 2.24) is 5.32 Å². The number of carbonyl (C=O) groups is 1. The first-order valence-corrected chi connectivity index (χ1v) is 8.67. The molecule has 0 spiro atoms. The molecule has 0 aromatic heterocycles. The van der Waals surface area contributed by atoms with Gasteiger partial charge in [-0.3, -0.25) is 4.79 Å². The van der Waals surface area contributed by atoms with Crippen LogP contribution in [0.15, 0.2) is 42.5 Å². The lowest BCUT2D eigenvalue weighted by Crippen LogP contribution is -2.37. The maximum absolute atomic E-state index is 12.3. The van der Waals surface area contributed by atoms with Gasteiger partial charge in [0.05, 0.1) is 6.04 Å². The molecule has 0 aliphatic heterocycles. The monoisotopic (exact) mass is 365 g/mol. The van der Waals surface area contributed by atoms with Crippen LogP contribution >= 0.6 is 23.2 Å². The van der Waals surface area contributed by atoms with Crippen molar-refractivity contribution in [3.05, 3.63) is 63.6 Å². The minimum Gasteiger partial charge on any atom is -0.481 e. The van der Waals surface area contributed by atoms with E-state index in [1.165, 1.54) is 5.56 Å². The highest BCUT2D eigenvalue weighted by atomic mass is 35.5. The Labute approximate surface area is 152 Å². The summed E-state index contributed by atoms with van der Waals surface area (Å²) < 4.78 is 5.70. The van der Waals surface area contributed by atoms with Gasteiger partial charge >= 0.3 is 0 Å². The highest BCUT2D eigenvalue weighted by Gasteiger charge is 2.19. The Morgan fingerprint density at radius 1 is 1.12 bits per heavy atom. The highest BCUT2D eigenvalue weighted by molar-refractivity contribution is 6.35. The maximum atomic E-state index is 12.3. The Morgan fingerprint density at radius 2 is 1.79 bits per heavy atom. The topological polar surface area (TPSA) is 38.3 Å². The van der Waals surface area contributed by atoms with Crippen LogP contribution in [-0.4, -0.2) is 12.0 Å². The van der Waals surface area contributed by atoms with Crippen molar-refractivity contribution < 1.29 is 9.53 Å². The van der Waals surface area contributed by atoms with Gasteiger partial charge in [-0.05, 0) is 55.7 Å². The van der Waals surface area contributed by atoms with Gasteiger partial charge in [0.1, 0.15) is 5.75 Å². The number of ether oxygens (including phenoxy) is 1. The van der Waals surface area contributed by atoms with Crippen LogP contribution in [0.1, 0.15) is 37.9 Å². The van der Waals surface area contributed by atoms with Crippen LogP contribution in [0.25, 0.3) is 0 Å². The van der Waals surface area contributed by atoms with Crippen LogP contribution in [0, 0.1) is 0 Å². The van der Waals surface area contributed by atoms with E-state index in [4.69, 9.17) is 27.9 Å². The van der Waals surface area contributed by atoms with Crippen molar-refractivity contribution >= 4 is 29.1 Å². The third-order valence-electron chi connectivity index (χ3n) is 3.80. The molecule has 128 valence electrons. The van der Waals surface area contributed by atoms with Crippen molar-refractivity contribution in [2.45, 2.75) is 39.3 Å². The first kappa shape index (κ1) is 18.6. The molecular formula is C19H21Cl2NO2. The van der Waals surface area contributed by atoms with Crippen molar-refractivity contribution in [2.24, 2.45) is 0 Å². The molecular weight excluding hydrogens is 345 g/mol. The molecule has 1 N–H and O–H groups in total. The van der Waals surface area contributed by atoms with Crippen LogP contribution in [0.2, 0.25) is 10.0 Å². The van der Waals surface area contributed by atoms with Gasteiger partial charge in [-0.15, -0.1) is 0 Å². The molecule has 0 saturated carbocycles. The molecule has 2 aromatic rings. The Balaban J connectivity index is 1.97. The minimum absolute atomic E-state index is 0.201. The van der Waals surface area contributed by atoms with Crippen LogP contribution in [-0.2, 0) is 11.2 Å². The van der Waals surface area contributed by atoms with Crippen LogP contribution in [0.3, 0.4) is 0 Å². The lowest BCUT2D eigenvalue weighted by atomic mass is 10.1. The van der Waals surface area contributed by atoms with Gasteiger partial charge in [-0.25, -0.2) is 0 Å². The predicted octanol–water partition coefficient (Wildman–Crippen LogP) is 5.20. The number of hydrogen-bond donors (Lipinski definition) is 1. The average molecular weight is 366 g/mol. The van der Waals surface area contributed by atoms with Crippen LogP contribution in [0.4, 0.5) is 0 Å². The fraction of sp³-hybridized carbons (Fsp3) is 0.316. The molecule has 0 radical (unpaired) electrons. The van der Waals surface area contributed by atoms with E-state index in [0.717, 1.165) is 12.0 Å². The molecule has 2 atom stereocenters. The van der Waals surface area contributed by atoms with Crippen molar-refractivity contribution in [3.8, 4) is 5.75 Å². The van der Waals surface area contributed by atoms with Gasteiger partial charge < -0.3 is 10.1 Å². The predicted molar refractivity (Wildman–Crippen MR) is 98.9 cm³/mol. The number of halogens is 2. The van der Waals surface area contributed by atoms with E-state index in [0.29, 0.717) is 15.8 Å². The second kappa shape index (κ2) is 8.41. The molecule has 5 heteroatoms. The van der Waals surface area contributed by atoms with Crippen LogP contribution in [0.5, 0.6) is 5.75 Å². The second-order valence-corrected chi connectivity index (χ2v) is 6.50. The molecule has 24 heavy (non-hydrogen) atoms. The average Bonchev–Trinajstić information content (AvgIpc) is 2.55. The maximum Gasteiger partial charge on any atom is 0.261 e. The summed E-state index contributed by atoms with van der Waals surface area (Å²) in [4.78, 5) is 12.3. The molecule has 0 bridgehead atoms. The number of aryl methyl sites for hydroxylation is 1. The Bertz CT molecular complexity index is 701. The van der Waals surface area contributed by atoms with E-state index in [9.17, 15) is 4.79 Å². The largest absolute Gasteiger partial charge is 0.481 e. The number of carbonyl (C=O) groups excluding carboxylic acids is 1. The van der Waals surface area contributed by atoms with Gasteiger partial charge in [-0.1, -0.05) is 48.3 Å². The Morgan fingerprint density at radius 3 is 2.38 bits per heavy atom. The standard InChI is InChI=1S/C19H21Cl2NO2/c1-4-14-5-8-16(9-6-14)24-13(3)19(23)22-12(2)17-10-7-15(20)11-18(17)21/h5-13H,4H2,1-3H3,(H,22,23)/t12-,13-/m1/s1. The minimum atomic E-state index is -0.606. The first-order chi connectivity index (χ1) is 11.4. The molecule has 0 heterocycles. The van der Waals surface area contributed by atoms with Crippen molar-refractivity contribution in [1.29, 1.82) is 0 Å². The van der Waals surface area contributed by atoms with E-state index < -0.39 is 6.10 Å². The molecule has 0 fully saturated rings. The third kappa shape index (κ3) is 4.89.